The molecule has 0 spiro atoms. The van der Waals surface area contributed by atoms with E-state index in [1.807, 2.05) is 51.1 Å². The summed E-state index contributed by atoms with van der Waals surface area (Å²) in [6.07, 6.45) is 0. The van der Waals surface area contributed by atoms with E-state index in [0.29, 0.717) is 17.3 Å². The Balaban J connectivity index is 2.01. The minimum Gasteiger partial charge on any atom is -0.344 e. The number of nitrogens with one attached hydrogen (secondary N) is 2. The third-order valence-corrected chi connectivity index (χ3v) is 3.88. The van der Waals surface area contributed by atoms with Crippen molar-refractivity contribution in [3.05, 3.63) is 63.7 Å². The van der Waals surface area contributed by atoms with Gasteiger partial charge in [0.2, 0.25) is 0 Å². The van der Waals surface area contributed by atoms with Crippen LogP contribution in [0.15, 0.2) is 36.4 Å². The first kappa shape index (κ1) is 17.0. The normalized spacial score (nSPS) is 10.3. The van der Waals surface area contributed by atoms with Gasteiger partial charge in [-0.25, -0.2) is 0 Å². The summed E-state index contributed by atoms with van der Waals surface area (Å²) in [7, 11) is 0. The SMILES string of the molecule is Cc1cc(C)c(NC(=O)C(=O)NCc2ccccc2C)c(Cl)c1. The minimum absolute atomic E-state index is 0.305. The molecule has 0 unspecified atom stereocenters. The van der Waals surface area contributed by atoms with E-state index in [0.717, 1.165) is 22.3 Å². The average molecular weight is 331 g/mol. The molecule has 0 saturated heterocycles. The van der Waals surface area contributed by atoms with Crippen LogP contribution < -0.4 is 10.6 Å². The quantitative estimate of drug-likeness (QED) is 0.846. The van der Waals surface area contributed by atoms with Gasteiger partial charge in [0.15, 0.2) is 0 Å². The summed E-state index contributed by atoms with van der Waals surface area (Å²) in [5, 5.41) is 5.61. The lowest BCUT2D eigenvalue weighted by molar-refractivity contribution is -0.136. The van der Waals surface area contributed by atoms with Crippen LogP contribution in [0.2, 0.25) is 5.02 Å². The second-order valence-electron chi connectivity index (χ2n) is 5.50. The zero-order valence-electron chi connectivity index (χ0n) is 13.4. The summed E-state index contributed by atoms with van der Waals surface area (Å²) in [6.45, 7) is 6.01. The molecule has 5 heteroatoms. The zero-order valence-corrected chi connectivity index (χ0v) is 14.1. The molecular formula is C18H19ClN2O2. The van der Waals surface area contributed by atoms with Gasteiger partial charge in [0.25, 0.3) is 0 Å². The molecule has 0 bridgehead atoms. The van der Waals surface area contributed by atoms with Gasteiger partial charge in [0.1, 0.15) is 0 Å². The largest absolute Gasteiger partial charge is 0.344 e. The summed E-state index contributed by atoms with van der Waals surface area (Å²) in [5.41, 5.74) is 4.31. The third-order valence-electron chi connectivity index (χ3n) is 3.58. The van der Waals surface area contributed by atoms with Gasteiger partial charge in [-0.05, 0) is 49.1 Å². The number of hydrogen-bond donors (Lipinski definition) is 2. The maximum Gasteiger partial charge on any atom is 0.313 e. The molecule has 2 rings (SSSR count). The number of carbonyl (C=O) groups is 2. The van der Waals surface area contributed by atoms with Gasteiger partial charge < -0.3 is 10.6 Å². The summed E-state index contributed by atoms with van der Waals surface area (Å²) in [6, 6.07) is 11.3. The molecule has 4 nitrogen and oxygen atoms in total. The van der Waals surface area contributed by atoms with Crippen LogP contribution in [0.4, 0.5) is 5.69 Å². The van der Waals surface area contributed by atoms with Crippen molar-refractivity contribution < 1.29 is 9.59 Å². The van der Waals surface area contributed by atoms with Crippen molar-refractivity contribution in [2.24, 2.45) is 0 Å². The van der Waals surface area contributed by atoms with Crippen molar-refractivity contribution in [3.63, 3.8) is 0 Å². The van der Waals surface area contributed by atoms with Gasteiger partial charge >= 0.3 is 11.8 Å². The number of rotatable bonds is 3. The van der Waals surface area contributed by atoms with E-state index in [1.165, 1.54) is 0 Å². The highest BCUT2D eigenvalue weighted by Gasteiger charge is 2.16. The monoisotopic (exact) mass is 330 g/mol. The predicted molar refractivity (Wildman–Crippen MR) is 92.6 cm³/mol. The van der Waals surface area contributed by atoms with Gasteiger partial charge in [-0.1, -0.05) is 41.9 Å². The summed E-state index contributed by atoms with van der Waals surface area (Å²) in [4.78, 5) is 24.0. The van der Waals surface area contributed by atoms with Crippen LogP contribution >= 0.6 is 11.6 Å². The fourth-order valence-electron chi connectivity index (χ4n) is 2.31. The average Bonchev–Trinajstić information content (AvgIpc) is 2.49. The van der Waals surface area contributed by atoms with E-state index in [4.69, 9.17) is 11.6 Å². The molecule has 120 valence electrons. The van der Waals surface area contributed by atoms with Crippen LogP contribution in [0, 0.1) is 20.8 Å². The standard InChI is InChI=1S/C18H19ClN2O2/c1-11-8-13(3)16(15(19)9-11)21-18(23)17(22)20-10-14-7-5-4-6-12(14)2/h4-9H,10H2,1-3H3,(H,20,22)(H,21,23). The number of amides is 2. The molecule has 0 aliphatic carbocycles. The smallest absolute Gasteiger partial charge is 0.313 e. The van der Waals surface area contributed by atoms with Crippen LogP contribution in [-0.2, 0) is 16.1 Å². The van der Waals surface area contributed by atoms with Crippen LogP contribution in [0.5, 0.6) is 0 Å². The minimum atomic E-state index is -0.729. The summed E-state index contributed by atoms with van der Waals surface area (Å²) in [5.74, 6) is -1.42. The third kappa shape index (κ3) is 4.33. The van der Waals surface area contributed by atoms with Crippen molar-refractivity contribution in [1.29, 1.82) is 0 Å². The Morgan fingerprint density at radius 3 is 2.35 bits per heavy atom. The molecule has 0 aliphatic rings. The number of anilines is 1. The Bertz CT molecular complexity index is 733. The van der Waals surface area contributed by atoms with Gasteiger partial charge in [0, 0.05) is 6.54 Å². The Hall–Kier alpha value is -2.33. The molecule has 0 atom stereocenters. The first-order chi connectivity index (χ1) is 10.9. The molecule has 0 saturated carbocycles. The van der Waals surface area contributed by atoms with Gasteiger partial charge in [0.05, 0.1) is 10.7 Å². The Kier molecular flexibility index (Phi) is 5.40. The fourth-order valence-corrected chi connectivity index (χ4v) is 2.68. The van der Waals surface area contributed by atoms with Gasteiger partial charge in [-0.15, -0.1) is 0 Å². The first-order valence-corrected chi connectivity index (χ1v) is 7.66. The summed E-state index contributed by atoms with van der Waals surface area (Å²) < 4.78 is 0. The van der Waals surface area contributed by atoms with E-state index in [1.54, 1.807) is 6.07 Å². The lowest BCUT2D eigenvalue weighted by atomic mass is 10.1. The van der Waals surface area contributed by atoms with Gasteiger partial charge in [-0.3, -0.25) is 9.59 Å². The predicted octanol–water partition coefficient (Wildman–Crippen LogP) is 3.52. The highest BCUT2D eigenvalue weighted by molar-refractivity contribution is 6.41. The highest BCUT2D eigenvalue weighted by Crippen LogP contribution is 2.27. The number of halogens is 1. The van der Waals surface area contributed by atoms with E-state index in [2.05, 4.69) is 10.6 Å². The van der Waals surface area contributed by atoms with Crippen molar-refractivity contribution in [1.82, 2.24) is 5.32 Å². The van der Waals surface area contributed by atoms with Gasteiger partial charge in [-0.2, -0.15) is 0 Å². The maximum atomic E-state index is 12.0. The van der Waals surface area contributed by atoms with E-state index >= 15 is 0 Å². The van der Waals surface area contributed by atoms with E-state index in [-0.39, 0.29) is 0 Å². The first-order valence-electron chi connectivity index (χ1n) is 7.29. The molecule has 0 heterocycles. The molecule has 2 amide bonds. The molecule has 0 aliphatic heterocycles. The topological polar surface area (TPSA) is 58.2 Å². The molecule has 0 aromatic heterocycles. The lowest BCUT2D eigenvalue weighted by Crippen LogP contribution is -2.35. The molecular weight excluding hydrogens is 312 g/mol. The Labute approximate surface area is 140 Å². The molecule has 2 aromatic carbocycles. The van der Waals surface area contributed by atoms with Crippen molar-refractivity contribution in [3.8, 4) is 0 Å². The van der Waals surface area contributed by atoms with Crippen LogP contribution in [-0.4, -0.2) is 11.8 Å². The molecule has 23 heavy (non-hydrogen) atoms. The van der Waals surface area contributed by atoms with Crippen molar-refractivity contribution in [2.45, 2.75) is 27.3 Å². The number of hydrogen-bond acceptors (Lipinski definition) is 2. The molecule has 0 fully saturated rings. The highest BCUT2D eigenvalue weighted by atomic mass is 35.5. The zero-order chi connectivity index (χ0) is 17.0. The maximum absolute atomic E-state index is 12.0. The van der Waals surface area contributed by atoms with Crippen LogP contribution in [0.3, 0.4) is 0 Å². The van der Waals surface area contributed by atoms with Crippen LogP contribution in [0.1, 0.15) is 22.3 Å². The van der Waals surface area contributed by atoms with Crippen molar-refractivity contribution in [2.75, 3.05) is 5.32 Å². The molecule has 2 aromatic rings. The number of benzene rings is 2. The second-order valence-corrected chi connectivity index (χ2v) is 5.91. The van der Waals surface area contributed by atoms with Crippen LogP contribution in [0.25, 0.3) is 0 Å². The fraction of sp³-hybridized carbons (Fsp3) is 0.222. The lowest BCUT2D eigenvalue weighted by Gasteiger charge is -2.12. The molecule has 0 radical (unpaired) electrons. The second kappa shape index (κ2) is 7.29. The number of carbonyl (C=O) groups excluding carboxylic acids is 2. The van der Waals surface area contributed by atoms with E-state index < -0.39 is 11.8 Å². The molecule has 2 N–H and O–H groups in total. The summed E-state index contributed by atoms with van der Waals surface area (Å²) >= 11 is 6.13. The van der Waals surface area contributed by atoms with E-state index in [9.17, 15) is 9.59 Å². The Morgan fingerprint density at radius 1 is 1.00 bits per heavy atom. The number of aryl methyl sites for hydroxylation is 3. The van der Waals surface area contributed by atoms with Crippen molar-refractivity contribution >= 4 is 29.1 Å². The Morgan fingerprint density at radius 2 is 1.70 bits per heavy atom.